The molecule has 0 aromatic heterocycles. The fourth-order valence-corrected chi connectivity index (χ4v) is 0.569. The van der Waals surface area contributed by atoms with Crippen molar-refractivity contribution in [2.24, 2.45) is 0 Å². The number of ketones is 1. The predicted octanol–water partition coefficient (Wildman–Crippen LogP) is 1.74. The second-order valence-corrected chi connectivity index (χ2v) is 2.14. The largest absolute Gasteiger partial charge is 0.294 e. The van der Waals surface area contributed by atoms with Crippen molar-refractivity contribution < 1.29 is 4.79 Å². The van der Waals surface area contributed by atoms with Crippen molar-refractivity contribution in [2.75, 3.05) is 0 Å². The molecule has 1 unspecified atom stereocenters. The molecule has 0 saturated carbocycles. The van der Waals surface area contributed by atoms with E-state index in [1.54, 1.807) is 6.08 Å². The summed E-state index contributed by atoms with van der Waals surface area (Å²) < 4.78 is 0. The Morgan fingerprint density at radius 3 is 2.38 bits per heavy atom. The van der Waals surface area contributed by atoms with Gasteiger partial charge in [-0.25, -0.2) is 0 Å². The van der Waals surface area contributed by atoms with Crippen LogP contribution in [0.15, 0.2) is 11.4 Å². The molecule has 8 heavy (non-hydrogen) atoms. The van der Waals surface area contributed by atoms with Gasteiger partial charge < -0.3 is 0 Å². The summed E-state index contributed by atoms with van der Waals surface area (Å²) in [4.78, 5) is 10.7. The molecular weight excluding hydrogens is 119 g/mol. The third kappa shape index (κ3) is 2.23. The normalized spacial score (nSPS) is 11.6. The van der Waals surface area contributed by atoms with Crippen molar-refractivity contribution in [3.05, 3.63) is 11.4 Å². The first-order valence-electron chi connectivity index (χ1n) is 2.67. The second-order valence-electron chi connectivity index (χ2n) is 1.52. The summed E-state index contributed by atoms with van der Waals surface area (Å²) >= 11 is 0. The van der Waals surface area contributed by atoms with Gasteiger partial charge >= 0.3 is 0 Å². The molecule has 0 bridgehead atoms. The maximum absolute atomic E-state index is 10.7. The summed E-state index contributed by atoms with van der Waals surface area (Å²) in [7, 11) is 2.41. The molecule has 0 saturated heterocycles. The van der Waals surface area contributed by atoms with Gasteiger partial charge in [-0.1, -0.05) is 13.0 Å². The van der Waals surface area contributed by atoms with Crippen LogP contribution in [-0.2, 0) is 4.79 Å². The third-order valence-electron chi connectivity index (χ3n) is 0.954. The summed E-state index contributed by atoms with van der Waals surface area (Å²) in [6.45, 7) is 3.71. The average molecular weight is 130 g/mol. The molecule has 0 aromatic rings. The predicted molar refractivity (Wildman–Crippen MR) is 38.8 cm³/mol. The number of rotatable bonds is 2. The van der Waals surface area contributed by atoms with Crippen LogP contribution in [0.3, 0.4) is 0 Å². The zero-order chi connectivity index (χ0) is 6.57. The highest BCUT2D eigenvalue weighted by Gasteiger charge is 1.96. The number of hydrogen-bond donors (Lipinski definition) is 0. The second kappa shape index (κ2) is 3.80. The molecule has 2 heteroatoms. The minimum Gasteiger partial charge on any atom is -0.294 e. The number of hydrogen-bond acceptors (Lipinski definition) is 1. The van der Waals surface area contributed by atoms with Gasteiger partial charge in [0.1, 0.15) is 0 Å². The Kier molecular flexibility index (Phi) is 3.72. The van der Waals surface area contributed by atoms with E-state index in [-0.39, 0.29) is 5.78 Å². The fraction of sp³-hybridized carbons (Fsp3) is 0.500. The molecule has 0 spiro atoms. The van der Waals surface area contributed by atoms with Crippen LogP contribution >= 0.6 is 9.24 Å². The Morgan fingerprint density at radius 1 is 1.75 bits per heavy atom. The van der Waals surface area contributed by atoms with Crippen LogP contribution in [0.4, 0.5) is 0 Å². The SMILES string of the molecule is CC=C(P)C(=O)CC. The molecule has 0 aliphatic heterocycles. The summed E-state index contributed by atoms with van der Waals surface area (Å²) in [5.41, 5.74) is 0. The van der Waals surface area contributed by atoms with Gasteiger partial charge in [0.25, 0.3) is 0 Å². The quantitative estimate of drug-likeness (QED) is 0.411. The Labute approximate surface area is 52.4 Å². The van der Waals surface area contributed by atoms with Crippen LogP contribution in [-0.4, -0.2) is 5.78 Å². The van der Waals surface area contributed by atoms with E-state index in [0.717, 1.165) is 5.31 Å². The highest BCUT2D eigenvalue weighted by atomic mass is 31.0. The molecule has 0 fully saturated rings. The summed E-state index contributed by atoms with van der Waals surface area (Å²) in [6, 6.07) is 0. The lowest BCUT2D eigenvalue weighted by Gasteiger charge is -1.90. The Morgan fingerprint density at radius 2 is 2.25 bits per heavy atom. The van der Waals surface area contributed by atoms with Crippen LogP contribution in [0.25, 0.3) is 0 Å². The summed E-state index contributed by atoms with van der Waals surface area (Å²) in [6.07, 6.45) is 2.40. The third-order valence-corrected chi connectivity index (χ3v) is 1.61. The van der Waals surface area contributed by atoms with E-state index < -0.39 is 0 Å². The maximum atomic E-state index is 10.7. The van der Waals surface area contributed by atoms with E-state index in [9.17, 15) is 4.79 Å². The first-order chi connectivity index (χ1) is 3.72. The van der Waals surface area contributed by atoms with Crippen LogP contribution in [0.5, 0.6) is 0 Å². The van der Waals surface area contributed by atoms with Gasteiger partial charge in [-0.2, -0.15) is 0 Å². The van der Waals surface area contributed by atoms with Gasteiger partial charge in [0.05, 0.1) is 0 Å². The summed E-state index contributed by atoms with van der Waals surface area (Å²) in [5, 5.41) is 0.785. The molecule has 0 amide bonds. The zero-order valence-corrected chi connectivity index (χ0v) is 6.42. The van der Waals surface area contributed by atoms with Crippen LogP contribution < -0.4 is 0 Å². The van der Waals surface area contributed by atoms with Crippen LogP contribution in [0.1, 0.15) is 20.3 Å². The van der Waals surface area contributed by atoms with E-state index in [2.05, 4.69) is 9.24 Å². The highest BCUT2D eigenvalue weighted by molar-refractivity contribution is 7.25. The van der Waals surface area contributed by atoms with Gasteiger partial charge in [-0.05, 0) is 6.92 Å². The monoisotopic (exact) mass is 130 g/mol. The van der Waals surface area contributed by atoms with Gasteiger partial charge in [-0.3, -0.25) is 4.79 Å². The molecule has 0 rings (SSSR count). The number of allylic oxidation sites excluding steroid dienone is 2. The van der Waals surface area contributed by atoms with Gasteiger partial charge in [0, 0.05) is 11.7 Å². The van der Waals surface area contributed by atoms with Crippen LogP contribution in [0.2, 0.25) is 0 Å². The fourth-order valence-electron chi connectivity index (χ4n) is 0.365. The lowest BCUT2D eigenvalue weighted by atomic mass is 10.3. The first-order valence-corrected chi connectivity index (χ1v) is 3.25. The van der Waals surface area contributed by atoms with Gasteiger partial charge in [-0.15, -0.1) is 9.24 Å². The van der Waals surface area contributed by atoms with Crippen molar-refractivity contribution in [1.82, 2.24) is 0 Å². The average Bonchev–Trinajstić information content (AvgIpc) is 1.84. The number of carbonyl (C=O) groups excluding carboxylic acids is 1. The molecule has 1 nitrogen and oxygen atoms in total. The lowest BCUT2D eigenvalue weighted by Crippen LogP contribution is -1.91. The Hall–Kier alpha value is -0.160. The van der Waals surface area contributed by atoms with E-state index in [1.807, 2.05) is 13.8 Å². The Bertz CT molecular complexity index is 116. The summed E-state index contributed by atoms with van der Waals surface area (Å²) in [5.74, 6) is 0.206. The van der Waals surface area contributed by atoms with E-state index in [4.69, 9.17) is 0 Å². The molecule has 0 N–H and O–H groups in total. The van der Waals surface area contributed by atoms with Crippen molar-refractivity contribution in [1.29, 1.82) is 0 Å². The standard InChI is InChI=1S/C6H11OP/c1-3-5(7)6(8)4-2/h4H,3,8H2,1-2H3. The molecule has 46 valence electrons. The van der Waals surface area contributed by atoms with Crippen molar-refractivity contribution in [3.8, 4) is 0 Å². The molecule has 0 aromatic carbocycles. The maximum Gasteiger partial charge on any atom is 0.162 e. The minimum absolute atomic E-state index is 0.206. The van der Waals surface area contributed by atoms with E-state index >= 15 is 0 Å². The van der Waals surface area contributed by atoms with E-state index in [0.29, 0.717) is 6.42 Å². The molecule has 0 heterocycles. The van der Waals surface area contributed by atoms with Crippen molar-refractivity contribution in [2.45, 2.75) is 20.3 Å². The van der Waals surface area contributed by atoms with Crippen molar-refractivity contribution >= 4 is 15.0 Å². The molecule has 1 atom stereocenters. The highest BCUT2D eigenvalue weighted by Crippen LogP contribution is 2.07. The minimum atomic E-state index is 0.206. The van der Waals surface area contributed by atoms with Gasteiger partial charge in [0.2, 0.25) is 0 Å². The zero-order valence-electron chi connectivity index (χ0n) is 5.27. The smallest absolute Gasteiger partial charge is 0.162 e. The molecule has 0 radical (unpaired) electrons. The number of carbonyl (C=O) groups is 1. The topological polar surface area (TPSA) is 17.1 Å². The lowest BCUT2D eigenvalue weighted by molar-refractivity contribution is -0.114. The molecular formula is C6H11OP. The van der Waals surface area contributed by atoms with Gasteiger partial charge in [0.15, 0.2) is 5.78 Å². The Balaban J connectivity index is 3.83. The number of Topliss-reactive ketones (excluding diaryl/α,β-unsaturated/α-hetero) is 1. The molecule has 0 aliphatic carbocycles. The van der Waals surface area contributed by atoms with Crippen molar-refractivity contribution in [3.63, 3.8) is 0 Å². The first kappa shape index (κ1) is 7.84. The van der Waals surface area contributed by atoms with E-state index in [1.165, 1.54) is 0 Å². The molecule has 0 aliphatic rings. The van der Waals surface area contributed by atoms with Crippen LogP contribution in [0, 0.1) is 0 Å².